The molecule has 0 aliphatic rings. The number of carbonyl (C=O) groups excluding carboxylic acids is 1. The molecule has 18 heavy (non-hydrogen) atoms. The van der Waals surface area contributed by atoms with Crippen LogP contribution in [0.15, 0.2) is 34.1 Å². The highest BCUT2D eigenvalue weighted by atomic mass is 79.9. The standard InChI is InChI=1S/C12H10BrClN2OS/c13-8-1-2-10(14)11(4-8)16-5-9-3-7(6-18-9)12(15)17/h1-4,6,16H,5H2,(H2,15,17). The first-order chi connectivity index (χ1) is 8.56. The van der Waals surface area contributed by atoms with Crippen molar-refractivity contribution in [3.63, 3.8) is 0 Å². The van der Waals surface area contributed by atoms with Crippen LogP contribution in [0.4, 0.5) is 5.69 Å². The summed E-state index contributed by atoms with van der Waals surface area (Å²) in [6.07, 6.45) is 0. The molecule has 1 aromatic heterocycles. The Hall–Kier alpha value is -1.04. The zero-order chi connectivity index (χ0) is 13.1. The molecule has 2 aromatic rings. The van der Waals surface area contributed by atoms with Crippen LogP contribution in [-0.4, -0.2) is 5.91 Å². The minimum atomic E-state index is -0.405. The van der Waals surface area contributed by atoms with Gasteiger partial charge in [-0.15, -0.1) is 11.3 Å². The van der Waals surface area contributed by atoms with E-state index in [1.165, 1.54) is 11.3 Å². The number of hydrogen-bond acceptors (Lipinski definition) is 3. The van der Waals surface area contributed by atoms with Crippen LogP contribution in [0, 0.1) is 0 Å². The molecule has 0 radical (unpaired) electrons. The number of anilines is 1. The first-order valence-electron chi connectivity index (χ1n) is 5.12. The first-order valence-corrected chi connectivity index (χ1v) is 7.17. The van der Waals surface area contributed by atoms with Crippen LogP contribution >= 0.6 is 38.9 Å². The number of rotatable bonds is 4. The van der Waals surface area contributed by atoms with Crippen LogP contribution in [0.3, 0.4) is 0 Å². The van der Waals surface area contributed by atoms with Crippen molar-refractivity contribution in [2.24, 2.45) is 5.73 Å². The number of carbonyl (C=O) groups is 1. The molecule has 6 heteroatoms. The zero-order valence-electron chi connectivity index (χ0n) is 9.24. The third-order valence-corrected chi connectivity index (χ3v) is 4.08. The molecular formula is C12H10BrClN2OS. The van der Waals surface area contributed by atoms with Gasteiger partial charge in [0, 0.05) is 21.3 Å². The van der Waals surface area contributed by atoms with E-state index < -0.39 is 5.91 Å². The molecule has 0 fully saturated rings. The molecule has 0 spiro atoms. The van der Waals surface area contributed by atoms with E-state index >= 15 is 0 Å². The molecule has 0 atom stereocenters. The summed E-state index contributed by atoms with van der Waals surface area (Å²) < 4.78 is 0.957. The number of primary amides is 1. The molecular weight excluding hydrogens is 336 g/mol. The van der Waals surface area contributed by atoms with Gasteiger partial charge in [-0.25, -0.2) is 0 Å². The highest BCUT2D eigenvalue weighted by Crippen LogP contribution is 2.26. The summed E-state index contributed by atoms with van der Waals surface area (Å²) in [4.78, 5) is 12.0. The van der Waals surface area contributed by atoms with Crippen LogP contribution < -0.4 is 11.1 Å². The minimum absolute atomic E-state index is 0.405. The van der Waals surface area contributed by atoms with E-state index in [1.54, 1.807) is 11.4 Å². The van der Waals surface area contributed by atoms with Gasteiger partial charge in [0.1, 0.15) is 0 Å². The predicted molar refractivity (Wildman–Crippen MR) is 79.3 cm³/mol. The van der Waals surface area contributed by atoms with Crippen molar-refractivity contribution in [1.29, 1.82) is 0 Å². The average Bonchev–Trinajstić information content (AvgIpc) is 2.79. The highest BCUT2D eigenvalue weighted by molar-refractivity contribution is 9.10. The quantitative estimate of drug-likeness (QED) is 0.883. The van der Waals surface area contributed by atoms with E-state index in [0.29, 0.717) is 17.1 Å². The normalized spacial score (nSPS) is 10.3. The molecule has 3 N–H and O–H groups in total. The van der Waals surface area contributed by atoms with E-state index in [4.69, 9.17) is 17.3 Å². The molecule has 0 unspecified atom stereocenters. The van der Waals surface area contributed by atoms with Crippen molar-refractivity contribution < 1.29 is 4.79 Å². The van der Waals surface area contributed by atoms with E-state index in [0.717, 1.165) is 15.0 Å². The SMILES string of the molecule is NC(=O)c1csc(CNc2cc(Br)ccc2Cl)c1. The van der Waals surface area contributed by atoms with Crippen LogP contribution in [0.2, 0.25) is 5.02 Å². The summed E-state index contributed by atoms with van der Waals surface area (Å²) in [5.41, 5.74) is 6.58. The number of thiophene rings is 1. The van der Waals surface area contributed by atoms with Gasteiger partial charge in [-0.05, 0) is 24.3 Å². The van der Waals surface area contributed by atoms with Gasteiger partial charge in [0.2, 0.25) is 5.91 Å². The number of halogens is 2. The Morgan fingerprint density at radius 2 is 2.22 bits per heavy atom. The van der Waals surface area contributed by atoms with Gasteiger partial charge in [0.15, 0.2) is 0 Å². The lowest BCUT2D eigenvalue weighted by Gasteiger charge is -2.07. The summed E-state index contributed by atoms with van der Waals surface area (Å²) in [7, 11) is 0. The lowest BCUT2D eigenvalue weighted by molar-refractivity contribution is 0.100. The van der Waals surface area contributed by atoms with Crippen LogP contribution in [0.1, 0.15) is 15.2 Å². The van der Waals surface area contributed by atoms with Crippen molar-refractivity contribution in [3.05, 3.63) is 49.6 Å². The maximum Gasteiger partial charge on any atom is 0.249 e. The molecule has 94 valence electrons. The number of hydrogen-bond donors (Lipinski definition) is 2. The van der Waals surface area contributed by atoms with Crippen molar-refractivity contribution in [1.82, 2.24) is 0 Å². The summed E-state index contributed by atoms with van der Waals surface area (Å²) in [6.45, 7) is 0.605. The van der Waals surface area contributed by atoms with Gasteiger partial charge in [-0.3, -0.25) is 4.79 Å². The number of amides is 1. The van der Waals surface area contributed by atoms with Crippen molar-refractivity contribution in [2.75, 3.05) is 5.32 Å². The smallest absolute Gasteiger partial charge is 0.249 e. The molecule has 0 saturated carbocycles. The Labute approximate surface area is 122 Å². The topological polar surface area (TPSA) is 55.1 Å². The molecule has 0 saturated heterocycles. The van der Waals surface area contributed by atoms with Gasteiger partial charge in [-0.1, -0.05) is 27.5 Å². The fourth-order valence-corrected chi connectivity index (χ4v) is 2.78. The molecule has 1 aromatic carbocycles. The second-order valence-corrected chi connectivity index (χ2v) is 5.96. The molecule has 3 nitrogen and oxygen atoms in total. The first kappa shape index (κ1) is 13.4. The molecule has 0 aliphatic heterocycles. The van der Waals surface area contributed by atoms with Crippen molar-refractivity contribution >= 4 is 50.5 Å². The molecule has 1 heterocycles. The Morgan fingerprint density at radius 1 is 1.44 bits per heavy atom. The van der Waals surface area contributed by atoms with Crippen molar-refractivity contribution in [3.8, 4) is 0 Å². The summed E-state index contributed by atoms with van der Waals surface area (Å²) in [5, 5.41) is 5.63. The van der Waals surface area contributed by atoms with E-state index in [2.05, 4.69) is 21.2 Å². The van der Waals surface area contributed by atoms with Gasteiger partial charge in [0.25, 0.3) is 0 Å². The zero-order valence-corrected chi connectivity index (χ0v) is 12.4. The van der Waals surface area contributed by atoms with Gasteiger partial charge >= 0.3 is 0 Å². The minimum Gasteiger partial charge on any atom is -0.379 e. The lowest BCUT2D eigenvalue weighted by Crippen LogP contribution is -2.09. The number of nitrogens with one attached hydrogen (secondary N) is 1. The van der Waals surface area contributed by atoms with E-state index in [1.807, 2.05) is 18.2 Å². The lowest BCUT2D eigenvalue weighted by atomic mass is 10.3. The Kier molecular flexibility index (Phi) is 4.27. The van der Waals surface area contributed by atoms with E-state index in [-0.39, 0.29) is 0 Å². The van der Waals surface area contributed by atoms with E-state index in [9.17, 15) is 4.79 Å². The highest BCUT2D eigenvalue weighted by Gasteiger charge is 2.06. The Bertz CT molecular complexity index is 585. The fraction of sp³-hybridized carbons (Fsp3) is 0.0833. The molecule has 0 bridgehead atoms. The predicted octanol–water partition coefficient (Wildman–Crippen LogP) is 3.88. The van der Waals surface area contributed by atoms with Crippen LogP contribution in [0.5, 0.6) is 0 Å². The molecule has 1 amide bonds. The monoisotopic (exact) mass is 344 g/mol. The number of nitrogens with two attached hydrogens (primary N) is 1. The third-order valence-electron chi connectivity index (χ3n) is 2.32. The van der Waals surface area contributed by atoms with Crippen LogP contribution in [-0.2, 0) is 6.54 Å². The van der Waals surface area contributed by atoms with Gasteiger partial charge in [-0.2, -0.15) is 0 Å². The maximum atomic E-state index is 11.0. The van der Waals surface area contributed by atoms with Crippen molar-refractivity contribution in [2.45, 2.75) is 6.54 Å². The Balaban J connectivity index is 2.06. The molecule has 2 rings (SSSR count). The second kappa shape index (κ2) is 5.73. The maximum absolute atomic E-state index is 11.0. The summed E-state index contributed by atoms with van der Waals surface area (Å²) in [6, 6.07) is 7.39. The van der Waals surface area contributed by atoms with Gasteiger partial charge < -0.3 is 11.1 Å². The largest absolute Gasteiger partial charge is 0.379 e. The fourth-order valence-electron chi connectivity index (χ4n) is 1.42. The Morgan fingerprint density at radius 3 is 2.89 bits per heavy atom. The molecule has 0 aliphatic carbocycles. The second-order valence-electron chi connectivity index (χ2n) is 3.64. The number of benzene rings is 1. The third kappa shape index (κ3) is 3.25. The summed E-state index contributed by atoms with van der Waals surface area (Å²) in [5.74, 6) is -0.405. The summed E-state index contributed by atoms with van der Waals surface area (Å²) >= 11 is 10.9. The van der Waals surface area contributed by atoms with Gasteiger partial charge in [0.05, 0.1) is 16.3 Å². The van der Waals surface area contributed by atoms with Crippen LogP contribution in [0.25, 0.3) is 0 Å². The average molecular weight is 346 g/mol.